The maximum Gasteiger partial charge on any atom is 0.337 e. The number of carboxylic acids is 1. The average molecular weight is 338 g/mol. The maximum atomic E-state index is 12.0. The summed E-state index contributed by atoms with van der Waals surface area (Å²) in [6.07, 6.45) is 0. The van der Waals surface area contributed by atoms with Gasteiger partial charge in [0.25, 0.3) is 0 Å². The molecule has 0 radical (unpaired) electrons. The molecule has 0 saturated carbocycles. The number of carbonyl (C=O) groups excluding carboxylic acids is 1. The lowest BCUT2D eigenvalue weighted by atomic mass is 10.2. The van der Waals surface area contributed by atoms with Crippen molar-refractivity contribution in [2.45, 2.75) is 10.9 Å². The van der Waals surface area contributed by atoms with Gasteiger partial charge in [-0.3, -0.25) is 4.79 Å². The summed E-state index contributed by atoms with van der Waals surface area (Å²) in [5.41, 5.74) is -0.404. The minimum Gasteiger partial charge on any atom is -0.478 e. The van der Waals surface area contributed by atoms with E-state index in [0.29, 0.717) is 0 Å². The highest BCUT2D eigenvalue weighted by Gasteiger charge is 2.26. The van der Waals surface area contributed by atoms with Gasteiger partial charge in [-0.25, -0.2) is 13.2 Å². The molecule has 10 heteroatoms. The van der Waals surface area contributed by atoms with E-state index in [0.717, 1.165) is 25.3 Å². The van der Waals surface area contributed by atoms with Gasteiger partial charge < -0.3 is 14.9 Å². The normalized spacial score (nSPS) is 12.7. The molecule has 0 bridgehead atoms. The van der Waals surface area contributed by atoms with Crippen LogP contribution in [0.4, 0.5) is 0 Å². The van der Waals surface area contributed by atoms with Crippen LogP contribution < -0.4 is 4.72 Å². The van der Waals surface area contributed by atoms with Crippen LogP contribution in [-0.2, 0) is 19.6 Å². The molecule has 1 unspecified atom stereocenters. The Balaban J connectivity index is 3.16. The van der Waals surface area contributed by atoms with E-state index in [-0.39, 0.29) is 5.02 Å². The molecule has 3 N–H and O–H groups in total. The van der Waals surface area contributed by atoms with Crippen LogP contribution in [0.15, 0.2) is 23.1 Å². The van der Waals surface area contributed by atoms with Crippen molar-refractivity contribution in [1.29, 1.82) is 0 Å². The molecular weight excluding hydrogens is 326 g/mol. The van der Waals surface area contributed by atoms with Gasteiger partial charge in [0.2, 0.25) is 10.0 Å². The molecular formula is C11H12ClNO7S. The Bertz CT molecular complexity index is 659. The first-order valence-corrected chi connectivity index (χ1v) is 7.33. The quantitative estimate of drug-likeness (QED) is 0.615. The summed E-state index contributed by atoms with van der Waals surface area (Å²) in [5.74, 6) is -2.38. The molecule has 1 atom stereocenters. The highest BCUT2D eigenvalue weighted by Crippen LogP contribution is 2.20. The number of aromatic carboxylic acids is 1. The Morgan fingerprint density at radius 2 is 2.05 bits per heavy atom. The molecule has 0 heterocycles. The number of rotatable bonds is 6. The summed E-state index contributed by atoms with van der Waals surface area (Å²) < 4.78 is 30.3. The number of sulfonamides is 1. The zero-order valence-electron chi connectivity index (χ0n) is 10.7. The fourth-order valence-corrected chi connectivity index (χ4v) is 2.79. The minimum atomic E-state index is -4.23. The van der Waals surface area contributed by atoms with Gasteiger partial charge in [0.15, 0.2) is 0 Å². The third-order valence-corrected chi connectivity index (χ3v) is 4.24. The van der Waals surface area contributed by atoms with Crippen molar-refractivity contribution in [2.24, 2.45) is 0 Å². The van der Waals surface area contributed by atoms with Gasteiger partial charge >= 0.3 is 11.9 Å². The zero-order valence-corrected chi connectivity index (χ0v) is 12.3. The molecule has 1 aromatic carbocycles. The van der Waals surface area contributed by atoms with E-state index in [1.54, 1.807) is 0 Å². The number of hydrogen-bond acceptors (Lipinski definition) is 6. The van der Waals surface area contributed by atoms with Crippen molar-refractivity contribution in [2.75, 3.05) is 13.7 Å². The first-order chi connectivity index (χ1) is 9.72. The molecule has 8 nitrogen and oxygen atoms in total. The van der Waals surface area contributed by atoms with Crippen LogP contribution in [0.2, 0.25) is 5.02 Å². The highest BCUT2D eigenvalue weighted by atomic mass is 35.5. The van der Waals surface area contributed by atoms with Crippen LogP contribution in [0.5, 0.6) is 0 Å². The number of halogens is 1. The van der Waals surface area contributed by atoms with Gasteiger partial charge in [0, 0.05) is 0 Å². The van der Waals surface area contributed by atoms with Crippen molar-refractivity contribution in [1.82, 2.24) is 4.72 Å². The number of methoxy groups -OCH3 is 1. The fourth-order valence-electron chi connectivity index (χ4n) is 1.39. The summed E-state index contributed by atoms with van der Waals surface area (Å²) in [5, 5.41) is 17.7. The number of aliphatic hydroxyl groups excluding tert-OH is 1. The lowest BCUT2D eigenvalue weighted by Crippen LogP contribution is -2.43. The van der Waals surface area contributed by atoms with E-state index in [9.17, 15) is 18.0 Å². The highest BCUT2D eigenvalue weighted by molar-refractivity contribution is 7.89. The van der Waals surface area contributed by atoms with E-state index in [2.05, 4.69) is 4.74 Å². The number of carbonyl (C=O) groups is 2. The van der Waals surface area contributed by atoms with Crippen molar-refractivity contribution in [3.63, 3.8) is 0 Å². The maximum absolute atomic E-state index is 12.0. The average Bonchev–Trinajstić information content (AvgIpc) is 2.43. The molecule has 0 aliphatic rings. The van der Waals surface area contributed by atoms with E-state index in [1.165, 1.54) is 0 Å². The number of nitrogens with one attached hydrogen (secondary N) is 1. The second-order valence-electron chi connectivity index (χ2n) is 3.83. The lowest BCUT2D eigenvalue weighted by molar-refractivity contribution is -0.143. The van der Waals surface area contributed by atoms with Gasteiger partial charge in [-0.1, -0.05) is 11.6 Å². The van der Waals surface area contributed by atoms with E-state index < -0.39 is 45.1 Å². The summed E-state index contributed by atoms with van der Waals surface area (Å²) in [6, 6.07) is 1.52. The van der Waals surface area contributed by atoms with Crippen LogP contribution in [-0.4, -0.2) is 50.3 Å². The molecule has 0 fully saturated rings. The van der Waals surface area contributed by atoms with Crippen molar-refractivity contribution < 1.29 is 33.0 Å². The van der Waals surface area contributed by atoms with Gasteiger partial charge in [-0.2, -0.15) is 4.72 Å². The first-order valence-electron chi connectivity index (χ1n) is 5.46. The number of benzene rings is 1. The number of esters is 1. The number of hydrogen-bond donors (Lipinski definition) is 3. The Labute approximate surface area is 125 Å². The largest absolute Gasteiger partial charge is 0.478 e. The van der Waals surface area contributed by atoms with Crippen LogP contribution in [0.3, 0.4) is 0 Å². The van der Waals surface area contributed by atoms with Crippen molar-refractivity contribution >= 4 is 33.6 Å². The molecule has 0 amide bonds. The number of aliphatic hydroxyl groups is 1. The topological polar surface area (TPSA) is 130 Å². The van der Waals surface area contributed by atoms with Gasteiger partial charge in [0.1, 0.15) is 6.04 Å². The summed E-state index contributed by atoms with van der Waals surface area (Å²) in [4.78, 5) is 21.8. The molecule has 0 spiro atoms. The van der Waals surface area contributed by atoms with E-state index in [1.807, 2.05) is 4.72 Å². The first kappa shape index (κ1) is 17.4. The Kier molecular flexibility index (Phi) is 5.67. The summed E-state index contributed by atoms with van der Waals surface area (Å²) in [6.45, 7) is -0.814. The molecule has 0 aliphatic heterocycles. The van der Waals surface area contributed by atoms with E-state index >= 15 is 0 Å². The molecule has 0 aliphatic carbocycles. The third-order valence-electron chi connectivity index (χ3n) is 2.44. The lowest BCUT2D eigenvalue weighted by Gasteiger charge is -2.14. The van der Waals surface area contributed by atoms with Crippen LogP contribution in [0.25, 0.3) is 0 Å². The Morgan fingerprint density at radius 1 is 1.43 bits per heavy atom. The minimum absolute atomic E-state index is 0.131. The van der Waals surface area contributed by atoms with Gasteiger partial charge in [-0.05, 0) is 18.2 Å². The second-order valence-corrected chi connectivity index (χ2v) is 5.95. The van der Waals surface area contributed by atoms with Crippen molar-refractivity contribution in [3.05, 3.63) is 28.8 Å². The Morgan fingerprint density at radius 3 is 2.52 bits per heavy atom. The number of ether oxygens (including phenoxy) is 1. The second kappa shape index (κ2) is 6.85. The smallest absolute Gasteiger partial charge is 0.337 e. The summed E-state index contributed by atoms with van der Waals surface area (Å²) >= 11 is 5.64. The molecule has 21 heavy (non-hydrogen) atoms. The predicted molar refractivity (Wildman–Crippen MR) is 71.6 cm³/mol. The molecule has 0 aromatic heterocycles. The molecule has 1 rings (SSSR count). The zero-order chi connectivity index (χ0) is 16.2. The van der Waals surface area contributed by atoms with Crippen LogP contribution in [0.1, 0.15) is 10.4 Å². The molecule has 0 saturated heterocycles. The van der Waals surface area contributed by atoms with Gasteiger partial charge in [-0.15, -0.1) is 0 Å². The molecule has 116 valence electrons. The predicted octanol–water partition coefficient (Wildman–Crippen LogP) is -0.150. The van der Waals surface area contributed by atoms with Crippen molar-refractivity contribution in [3.8, 4) is 0 Å². The van der Waals surface area contributed by atoms with E-state index in [4.69, 9.17) is 21.8 Å². The van der Waals surface area contributed by atoms with Crippen LogP contribution >= 0.6 is 11.6 Å². The standard InChI is InChI=1S/C11H12ClNO7S/c1-20-11(17)9(5-14)13-21(18,19)6-2-3-8(12)7(4-6)10(15)16/h2-4,9,13-14H,5H2,1H3,(H,15,16). The third kappa shape index (κ3) is 4.14. The monoisotopic (exact) mass is 337 g/mol. The summed E-state index contributed by atoms with van der Waals surface area (Å²) in [7, 11) is -3.20. The Hall–Kier alpha value is -1.68. The molecule has 1 aromatic rings. The van der Waals surface area contributed by atoms with Gasteiger partial charge in [0.05, 0.1) is 29.2 Å². The SMILES string of the molecule is COC(=O)C(CO)NS(=O)(=O)c1ccc(Cl)c(C(=O)O)c1. The van der Waals surface area contributed by atoms with Crippen LogP contribution in [0, 0.1) is 0 Å². The number of carboxylic acid groups (broad SMARTS) is 1. The fraction of sp³-hybridized carbons (Fsp3) is 0.273.